The molecule has 0 heterocycles. The van der Waals surface area contributed by atoms with Crippen LogP contribution in [0.25, 0.3) is 5.57 Å². The number of nitriles is 1. The molecule has 4 nitrogen and oxygen atoms in total. The van der Waals surface area contributed by atoms with Crippen molar-refractivity contribution in [3.05, 3.63) is 46.0 Å². The summed E-state index contributed by atoms with van der Waals surface area (Å²) in [6.45, 7) is 5.66. The molecule has 0 spiro atoms. The molecule has 1 aromatic carbocycles. The molecule has 4 heteroatoms. The Balaban J connectivity index is 3.16. The Morgan fingerprint density at radius 1 is 1.62 bits per heavy atom. The van der Waals surface area contributed by atoms with Gasteiger partial charge in [-0.2, -0.15) is 5.26 Å². The van der Waals surface area contributed by atoms with Gasteiger partial charge in [0, 0.05) is 18.6 Å². The molecular weight excluding hydrogens is 204 g/mol. The average Bonchev–Trinajstić information content (AvgIpc) is 2.25. The van der Waals surface area contributed by atoms with Crippen molar-refractivity contribution in [3.8, 4) is 6.07 Å². The average molecular weight is 216 g/mol. The molecular formula is C12H12N2O2. The van der Waals surface area contributed by atoms with Crippen LogP contribution < -0.4 is 0 Å². The van der Waals surface area contributed by atoms with Crippen molar-refractivity contribution in [3.63, 3.8) is 0 Å². The van der Waals surface area contributed by atoms with Gasteiger partial charge in [0.1, 0.15) is 0 Å². The number of hydrogen-bond donors (Lipinski definition) is 0. The van der Waals surface area contributed by atoms with Gasteiger partial charge in [-0.15, -0.1) is 0 Å². The Morgan fingerprint density at radius 3 is 2.81 bits per heavy atom. The van der Waals surface area contributed by atoms with Crippen molar-refractivity contribution >= 4 is 11.3 Å². The van der Waals surface area contributed by atoms with E-state index in [1.165, 1.54) is 12.1 Å². The molecule has 0 saturated carbocycles. The summed E-state index contributed by atoms with van der Waals surface area (Å²) in [5, 5.41) is 19.2. The van der Waals surface area contributed by atoms with Gasteiger partial charge in [-0.3, -0.25) is 10.1 Å². The molecule has 16 heavy (non-hydrogen) atoms. The summed E-state index contributed by atoms with van der Waals surface area (Å²) in [6, 6.07) is 6.69. The van der Waals surface area contributed by atoms with Gasteiger partial charge in [-0.25, -0.2) is 0 Å². The molecule has 0 aromatic heterocycles. The molecule has 0 atom stereocenters. The maximum atomic E-state index is 10.6. The quantitative estimate of drug-likeness (QED) is 0.573. The Labute approximate surface area is 94.0 Å². The van der Waals surface area contributed by atoms with Crippen LogP contribution in [-0.2, 0) is 6.42 Å². The Morgan fingerprint density at radius 2 is 2.31 bits per heavy atom. The molecule has 0 amide bonds. The predicted octanol–water partition coefficient (Wildman–Crippen LogP) is 3.08. The molecule has 0 N–H and O–H groups in total. The van der Waals surface area contributed by atoms with Gasteiger partial charge in [-0.1, -0.05) is 12.2 Å². The van der Waals surface area contributed by atoms with Gasteiger partial charge in [0.05, 0.1) is 11.0 Å². The van der Waals surface area contributed by atoms with Crippen LogP contribution in [0, 0.1) is 21.4 Å². The van der Waals surface area contributed by atoms with Crippen molar-refractivity contribution in [2.24, 2.45) is 0 Å². The van der Waals surface area contributed by atoms with E-state index in [9.17, 15) is 10.1 Å². The second kappa shape index (κ2) is 5.08. The van der Waals surface area contributed by atoms with E-state index in [-0.39, 0.29) is 5.69 Å². The van der Waals surface area contributed by atoms with E-state index in [0.29, 0.717) is 12.8 Å². The topological polar surface area (TPSA) is 66.9 Å². The van der Waals surface area contributed by atoms with E-state index in [1.54, 1.807) is 6.07 Å². The fraction of sp³-hybridized carbons (Fsp3) is 0.250. The van der Waals surface area contributed by atoms with Crippen LogP contribution >= 0.6 is 0 Å². The first-order valence-corrected chi connectivity index (χ1v) is 4.86. The highest BCUT2D eigenvalue weighted by Crippen LogP contribution is 2.23. The minimum absolute atomic E-state index is 0.0536. The highest BCUT2D eigenvalue weighted by Gasteiger charge is 2.10. The lowest BCUT2D eigenvalue weighted by atomic mass is 9.98. The molecule has 0 unspecified atom stereocenters. The number of nitro groups is 1. The maximum absolute atomic E-state index is 10.6. The largest absolute Gasteiger partial charge is 0.269 e. The normalized spacial score (nSPS) is 9.50. The van der Waals surface area contributed by atoms with Crippen molar-refractivity contribution in [1.82, 2.24) is 0 Å². The van der Waals surface area contributed by atoms with E-state index in [4.69, 9.17) is 5.26 Å². The van der Waals surface area contributed by atoms with Crippen LogP contribution in [0.4, 0.5) is 5.69 Å². The van der Waals surface area contributed by atoms with Crippen LogP contribution in [0.3, 0.4) is 0 Å². The first kappa shape index (κ1) is 11.9. The van der Waals surface area contributed by atoms with Crippen molar-refractivity contribution < 1.29 is 4.92 Å². The molecule has 0 aliphatic rings. The highest BCUT2D eigenvalue weighted by molar-refractivity contribution is 5.66. The van der Waals surface area contributed by atoms with E-state index in [1.807, 2.05) is 13.0 Å². The molecule has 1 aromatic rings. The lowest BCUT2D eigenvalue weighted by Crippen LogP contribution is -1.95. The van der Waals surface area contributed by atoms with Crippen LogP contribution in [0.15, 0.2) is 24.8 Å². The van der Waals surface area contributed by atoms with E-state index < -0.39 is 4.92 Å². The number of nitrogens with zero attached hydrogens (tertiary/aromatic N) is 2. The number of aryl methyl sites for hydroxylation is 1. The van der Waals surface area contributed by atoms with Gasteiger partial charge in [0.25, 0.3) is 5.69 Å². The molecule has 0 aliphatic heterocycles. The monoisotopic (exact) mass is 216 g/mol. The number of non-ortho nitro benzene ring substituents is 1. The Hall–Kier alpha value is -2.15. The summed E-state index contributed by atoms with van der Waals surface area (Å²) < 4.78 is 0. The standard InChI is InChI=1S/C12H12N2O2/c1-9(2)12-6-5-11(14(15)16)8-10(12)4-3-7-13/h5-6,8H,1,3-4H2,2H3. The number of nitro benzene ring substituents is 1. The van der Waals surface area contributed by atoms with Crippen molar-refractivity contribution in [1.29, 1.82) is 5.26 Å². The van der Waals surface area contributed by atoms with Crippen LogP contribution in [0.2, 0.25) is 0 Å². The summed E-state index contributed by atoms with van der Waals surface area (Å²) in [5.41, 5.74) is 2.60. The van der Waals surface area contributed by atoms with Crippen LogP contribution in [-0.4, -0.2) is 4.92 Å². The van der Waals surface area contributed by atoms with Gasteiger partial charge in [0.15, 0.2) is 0 Å². The summed E-state index contributed by atoms with van der Waals surface area (Å²) in [6.07, 6.45) is 0.863. The van der Waals surface area contributed by atoms with E-state index >= 15 is 0 Å². The molecule has 82 valence electrons. The summed E-state index contributed by atoms with van der Waals surface area (Å²) >= 11 is 0. The minimum Gasteiger partial charge on any atom is -0.258 e. The Kier molecular flexibility index (Phi) is 3.78. The third-order valence-corrected chi connectivity index (χ3v) is 2.27. The SMILES string of the molecule is C=C(C)c1ccc([N+](=O)[O-])cc1CCC#N. The third kappa shape index (κ3) is 2.67. The zero-order chi connectivity index (χ0) is 12.1. The van der Waals surface area contributed by atoms with Crippen LogP contribution in [0.5, 0.6) is 0 Å². The smallest absolute Gasteiger partial charge is 0.258 e. The first-order chi connectivity index (χ1) is 7.56. The molecule has 0 aliphatic carbocycles. The Bertz CT molecular complexity index is 472. The number of allylic oxidation sites excluding steroid dienone is 1. The van der Waals surface area contributed by atoms with Gasteiger partial charge in [-0.05, 0) is 30.5 Å². The first-order valence-electron chi connectivity index (χ1n) is 4.86. The lowest BCUT2D eigenvalue weighted by molar-refractivity contribution is -0.384. The second-order valence-electron chi connectivity index (χ2n) is 3.54. The van der Waals surface area contributed by atoms with Crippen LogP contribution in [0.1, 0.15) is 24.5 Å². The van der Waals surface area contributed by atoms with E-state index in [2.05, 4.69) is 6.58 Å². The molecule has 1 rings (SSSR count). The summed E-state index contributed by atoms with van der Waals surface area (Å²) in [5.74, 6) is 0. The minimum atomic E-state index is -0.432. The fourth-order valence-electron chi connectivity index (χ4n) is 1.51. The molecule has 0 saturated heterocycles. The number of hydrogen-bond acceptors (Lipinski definition) is 3. The van der Waals surface area contributed by atoms with Gasteiger partial charge >= 0.3 is 0 Å². The van der Waals surface area contributed by atoms with Gasteiger partial charge in [0.2, 0.25) is 0 Å². The number of rotatable bonds is 4. The van der Waals surface area contributed by atoms with E-state index in [0.717, 1.165) is 16.7 Å². The summed E-state index contributed by atoms with van der Waals surface area (Å²) in [4.78, 5) is 10.2. The van der Waals surface area contributed by atoms with Crippen molar-refractivity contribution in [2.45, 2.75) is 19.8 Å². The summed E-state index contributed by atoms with van der Waals surface area (Å²) in [7, 11) is 0. The highest BCUT2D eigenvalue weighted by atomic mass is 16.6. The lowest BCUT2D eigenvalue weighted by Gasteiger charge is -2.07. The molecule has 0 bridgehead atoms. The second-order valence-corrected chi connectivity index (χ2v) is 3.54. The van der Waals surface area contributed by atoms with Crippen molar-refractivity contribution in [2.75, 3.05) is 0 Å². The predicted molar refractivity (Wildman–Crippen MR) is 61.7 cm³/mol. The zero-order valence-corrected chi connectivity index (χ0v) is 9.06. The maximum Gasteiger partial charge on any atom is 0.269 e. The number of benzene rings is 1. The molecule has 0 radical (unpaired) electrons. The fourth-order valence-corrected chi connectivity index (χ4v) is 1.51. The molecule has 0 fully saturated rings. The zero-order valence-electron chi connectivity index (χ0n) is 9.06. The van der Waals surface area contributed by atoms with Gasteiger partial charge < -0.3 is 0 Å². The third-order valence-electron chi connectivity index (χ3n) is 2.27.